The molecule has 2 N–H and O–H groups in total. The van der Waals surface area contributed by atoms with Crippen molar-refractivity contribution in [1.29, 1.82) is 0 Å². The first kappa shape index (κ1) is 25.9. The van der Waals surface area contributed by atoms with Gasteiger partial charge in [-0.25, -0.2) is 15.0 Å². The molecule has 0 saturated carbocycles. The van der Waals surface area contributed by atoms with Gasteiger partial charge in [0.2, 0.25) is 5.95 Å². The molecule has 2 saturated heterocycles. The molecule has 2 amide bonds. The van der Waals surface area contributed by atoms with Gasteiger partial charge in [-0.3, -0.25) is 14.9 Å². The van der Waals surface area contributed by atoms with E-state index in [0.717, 1.165) is 43.8 Å². The second-order valence-electron chi connectivity index (χ2n) is 8.95. The molecule has 0 spiro atoms. The Kier molecular flexibility index (Phi) is 7.47. The maximum absolute atomic E-state index is 13.4. The minimum Gasteiger partial charge on any atom is -0.472 e. The van der Waals surface area contributed by atoms with Crippen LogP contribution >= 0.6 is 11.8 Å². The summed E-state index contributed by atoms with van der Waals surface area (Å²) in [7, 11) is 0. The molecule has 9 nitrogen and oxygen atoms in total. The van der Waals surface area contributed by atoms with Gasteiger partial charge in [0.1, 0.15) is 5.69 Å². The smallest absolute Gasteiger partial charge is 0.433 e. The molecular weight excluding hydrogens is 521 g/mol. The summed E-state index contributed by atoms with van der Waals surface area (Å²) >= 11 is 0.835. The minimum atomic E-state index is -4.54. The molecule has 0 radical (unpaired) electrons. The van der Waals surface area contributed by atoms with Crippen LogP contribution in [-0.2, 0) is 17.5 Å². The fourth-order valence-electron chi connectivity index (χ4n) is 4.30. The van der Waals surface area contributed by atoms with E-state index in [9.17, 15) is 22.8 Å². The third-order valence-corrected chi connectivity index (χ3v) is 7.05. The summed E-state index contributed by atoms with van der Waals surface area (Å²) < 4.78 is 45.1. The Morgan fingerprint density at radius 2 is 2.00 bits per heavy atom. The third-order valence-electron chi connectivity index (χ3n) is 6.24. The SMILES string of the molecule is O=C1NC(=O)/C(=C/c2ccnc(N3CCC(CNCc4cc(-c5ccoc5)nc(C(F)(F)F)c4)CC3)n2)S1. The van der Waals surface area contributed by atoms with E-state index in [-0.39, 0.29) is 17.1 Å². The first-order valence-corrected chi connectivity index (χ1v) is 12.7. The number of hydrogen-bond acceptors (Lipinski definition) is 9. The van der Waals surface area contributed by atoms with Crippen molar-refractivity contribution in [3.05, 3.63) is 64.8 Å². The van der Waals surface area contributed by atoms with Crippen molar-refractivity contribution < 1.29 is 27.2 Å². The number of furan rings is 1. The van der Waals surface area contributed by atoms with E-state index < -0.39 is 23.0 Å². The molecule has 3 aromatic rings. The Morgan fingerprint density at radius 1 is 1.18 bits per heavy atom. The number of hydrogen-bond donors (Lipinski definition) is 2. The van der Waals surface area contributed by atoms with E-state index >= 15 is 0 Å². The lowest BCUT2D eigenvalue weighted by atomic mass is 9.97. The normalized spacial score (nSPS) is 17.9. The molecule has 3 aromatic heterocycles. The summed E-state index contributed by atoms with van der Waals surface area (Å²) in [5.41, 5.74) is 0.812. The molecule has 2 fully saturated rings. The number of rotatable bonds is 7. The summed E-state index contributed by atoms with van der Waals surface area (Å²) in [5.74, 6) is 0.453. The highest BCUT2D eigenvalue weighted by Gasteiger charge is 2.33. The first-order chi connectivity index (χ1) is 18.2. The lowest BCUT2D eigenvalue weighted by Gasteiger charge is -2.32. The van der Waals surface area contributed by atoms with Crippen molar-refractivity contribution in [2.45, 2.75) is 25.6 Å². The van der Waals surface area contributed by atoms with Crippen LogP contribution in [0.5, 0.6) is 0 Å². The molecule has 13 heteroatoms. The standard InChI is InChI=1S/C25H23F3N6O3S/c26-25(27,28)21-10-16(9-19(32-21)17-4-8-37-14-17)13-29-12-15-2-6-34(7-3-15)23-30-5-1-18(31-23)11-20-22(35)33-24(36)38-20/h1,4-5,8-11,14-15,29H,2-3,6-7,12-13H2,(H,33,35,36)/b20-11-. The van der Waals surface area contributed by atoms with Gasteiger partial charge >= 0.3 is 6.18 Å². The van der Waals surface area contributed by atoms with Crippen LogP contribution in [0.4, 0.5) is 23.9 Å². The molecule has 0 atom stereocenters. The Morgan fingerprint density at radius 3 is 2.68 bits per heavy atom. The minimum absolute atomic E-state index is 0.218. The van der Waals surface area contributed by atoms with Crippen LogP contribution in [0, 0.1) is 5.92 Å². The average molecular weight is 545 g/mol. The van der Waals surface area contributed by atoms with E-state index in [0.29, 0.717) is 35.2 Å². The van der Waals surface area contributed by atoms with Crippen molar-refractivity contribution in [2.24, 2.45) is 5.92 Å². The summed E-state index contributed by atoms with van der Waals surface area (Å²) in [4.78, 5) is 38.1. The molecule has 38 heavy (non-hydrogen) atoms. The number of pyridine rings is 1. The number of anilines is 1. The van der Waals surface area contributed by atoms with Gasteiger partial charge in [0.25, 0.3) is 11.1 Å². The van der Waals surface area contributed by atoms with Crippen LogP contribution in [-0.4, -0.2) is 45.7 Å². The Balaban J connectivity index is 1.16. The number of carbonyl (C=O) groups is 2. The average Bonchev–Trinajstić information content (AvgIpc) is 3.54. The number of nitrogens with zero attached hydrogens (tertiary/aromatic N) is 4. The van der Waals surface area contributed by atoms with Crippen molar-refractivity contribution in [3.63, 3.8) is 0 Å². The van der Waals surface area contributed by atoms with Gasteiger partial charge < -0.3 is 14.6 Å². The van der Waals surface area contributed by atoms with Gasteiger partial charge in [-0.05, 0) is 73.0 Å². The molecule has 0 aliphatic carbocycles. The Labute approximate surface area is 219 Å². The Hall–Kier alpha value is -3.71. The number of thioether (sulfide) groups is 1. The molecule has 2 aliphatic rings. The van der Waals surface area contributed by atoms with Gasteiger partial charge in [0, 0.05) is 31.4 Å². The maximum Gasteiger partial charge on any atom is 0.433 e. The van der Waals surface area contributed by atoms with Crippen molar-refractivity contribution in [2.75, 3.05) is 24.5 Å². The molecule has 0 unspecified atom stereocenters. The van der Waals surface area contributed by atoms with Crippen LogP contribution in [0.25, 0.3) is 17.3 Å². The van der Waals surface area contributed by atoms with Gasteiger partial charge in [0.05, 0.1) is 28.8 Å². The summed E-state index contributed by atoms with van der Waals surface area (Å²) in [6.45, 7) is 2.38. The number of aromatic nitrogens is 3. The quantitative estimate of drug-likeness (QED) is 0.416. The third kappa shape index (κ3) is 6.22. The van der Waals surface area contributed by atoms with Gasteiger partial charge in [0.15, 0.2) is 0 Å². The fourth-order valence-corrected chi connectivity index (χ4v) is 4.97. The number of amides is 2. The molecule has 0 bridgehead atoms. The highest BCUT2D eigenvalue weighted by Crippen LogP contribution is 2.31. The maximum atomic E-state index is 13.4. The van der Waals surface area contributed by atoms with Crippen LogP contribution in [0.1, 0.15) is 29.8 Å². The monoisotopic (exact) mass is 544 g/mol. The number of nitrogens with one attached hydrogen (secondary N) is 2. The van der Waals surface area contributed by atoms with Crippen molar-refractivity contribution in [3.8, 4) is 11.3 Å². The van der Waals surface area contributed by atoms with E-state index in [1.165, 1.54) is 12.5 Å². The molecular formula is C25H23F3N6O3S. The molecule has 2 aliphatic heterocycles. The molecule has 198 valence electrons. The lowest BCUT2D eigenvalue weighted by molar-refractivity contribution is -0.141. The predicted octanol–water partition coefficient (Wildman–Crippen LogP) is 4.48. The van der Waals surface area contributed by atoms with Gasteiger partial charge in [-0.2, -0.15) is 13.2 Å². The molecule has 5 rings (SSSR count). The number of imide groups is 1. The number of alkyl halides is 3. The van der Waals surface area contributed by atoms with Crippen molar-refractivity contribution >= 4 is 34.9 Å². The van der Waals surface area contributed by atoms with Crippen LogP contribution in [0.2, 0.25) is 0 Å². The topological polar surface area (TPSA) is 113 Å². The number of halogens is 3. The molecule has 0 aromatic carbocycles. The van der Waals surface area contributed by atoms with E-state index in [1.54, 1.807) is 30.5 Å². The zero-order chi connectivity index (χ0) is 26.7. The van der Waals surface area contributed by atoms with Gasteiger partial charge in [-0.15, -0.1) is 0 Å². The zero-order valence-electron chi connectivity index (χ0n) is 20.0. The second-order valence-corrected chi connectivity index (χ2v) is 9.97. The zero-order valence-corrected chi connectivity index (χ0v) is 20.8. The van der Waals surface area contributed by atoms with Crippen LogP contribution in [0.3, 0.4) is 0 Å². The Bertz CT molecular complexity index is 1350. The summed E-state index contributed by atoms with van der Waals surface area (Å²) in [6, 6.07) is 5.96. The molecule has 5 heterocycles. The van der Waals surface area contributed by atoms with E-state index in [4.69, 9.17) is 4.42 Å². The number of carbonyl (C=O) groups excluding carboxylic acids is 2. The highest BCUT2D eigenvalue weighted by molar-refractivity contribution is 8.18. The first-order valence-electron chi connectivity index (χ1n) is 11.9. The second kappa shape index (κ2) is 11.0. The van der Waals surface area contributed by atoms with E-state index in [2.05, 4.69) is 30.5 Å². The van der Waals surface area contributed by atoms with Gasteiger partial charge in [-0.1, -0.05) is 0 Å². The predicted molar refractivity (Wildman–Crippen MR) is 135 cm³/mol. The number of piperidine rings is 1. The van der Waals surface area contributed by atoms with E-state index in [1.807, 2.05) is 0 Å². The van der Waals surface area contributed by atoms with Crippen LogP contribution in [0.15, 0.2) is 52.3 Å². The summed E-state index contributed by atoms with van der Waals surface area (Å²) in [6.07, 6.45) is 3.12. The summed E-state index contributed by atoms with van der Waals surface area (Å²) in [5, 5.41) is 5.10. The van der Waals surface area contributed by atoms with Crippen LogP contribution < -0.4 is 15.5 Å². The van der Waals surface area contributed by atoms with Crippen molar-refractivity contribution in [1.82, 2.24) is 25.6 Å². The highest BCUT2D eigenvalue weighted by atomic mass is 32.2. The largest absolute Gasteiger partial charge is 0.472 e. The fraction of sp³-hybridized carbons (Fsp3) is 0.320. The lowest BCUT2D eigenvalue weighted by Crippen LogP contribution is -2.38.